The van der Waals surface area contributed by atoms with Crippen LogP contribution < -0.4 is 5.32 Å². The van der Waals surface area contributed by atoms with Crippen LogP contribution in [0, 0.1) is 5.41 Å². The van der Waals surface area contributed by atoms with Gasteiger partial charge in [-0.3, -0.25) is 0 Å². The third-order valence-corrected chi connectivity index (χ3v) is 4.00. The molecule has 2 aromatic heterocycles. The first-order valence-electron chi connectivity index (χ1n) is 6.69. The van der Waals surface area contributed by atoms with Gasteiger partial charge < -0.3 is 5.32 Å². The summed E-state index contributed by atoms with van der Waals surface area (Å²) >= 11 is 0. The molecule has 2 aromatic rings. The minimum absolute atomic E-state index is 0.508. The van der Waals surface area contributed by atoms with E-state index in [0.717, 1.165) is 11.3 Å². The van der Waals surface area contributed by atoms with Crippen molar-refractivity contribution in [1.82, 2.24) is 14.6 Å². The van der Waals surface area contributed by atoms with Gasteiger partial charge in [-0.15, -0.1) is 0 Å². The normalized spacial score (nSPS) is 20.1. The van der Waals surface area contributed by atoms with Gasteiger partial charge in [-0.1, -0.05) is 13.8 Å². The van der Waals surface area contributed by atoms with Crippen molar-refractivity contribution >= 4 is 11.3 Å². The molecule has 0 spiro atoms. The van der Waals surface area contributed by atoms with Gasteiger partial charge in [0.15, 0.2) is 5.82 Å². The van der Waals surface area contributed by atoms with E-state index in [1.165, 1.54) is 25.7 Å². The Labute approximate surface area is 107 Å². The van der Waals surface area contributed by atoms with Crippen molar-refractivity contribution in [2.45, 2.75) is 45.6 Å². The Bertz CT molecular complexity index is 533. The maximum Gasteiger partial charge on any atom is 0.152 e. The van der Waals surface area contributed by atoms with E-state index < -0.39 is 0 Å². The average molecular weight is 244 g/mol. The maximum atomic E-state index is 4.44. The highest BCUT2D eigenvalue weighted by molar-refractivity contribution is 5.67. The van der Waals surface area contributed by atoms with Crippen molar-refractivity contribution in [3.63, 3.8) is 0 Å². The zero-order chi connectivity index (χ0) is 12.6. The van der Waals surface area contributed by atoms with Crippen LogP contribution in [0.25, 0.3) is 5.52 Å². The van der Waals surface area contributed by atoms with Crippen molar-refractivity contribution in [2.75, 3.05) is 5.32 Å². The van der Waals surface area contributed by atoms with Gasteiger partial charge in [0.1, 0.15) is 5.52 Å². The topological polar surface area (TPSA) is 42.2 Å². The van der Waals surface area contributed by atoms with Crippen LogP contribution in [0.1, 0.15) is 39.5 Å². The van der Waals surface area contributed by atoms with E-state index >= 15 is 0 Å². The van der Waals surface area contributed by atoms with Crippen molar-refractivity contribution in [2.24, 2.45) is 5.41 Å². The molecular formula is C14H20N4. The first kappa shape index (κ1) is 11.5. The molecule has 0 aliphatic heterocycles. The van der Waals surface area contributed by atoms with Gasteiger partial charge in [0, 0.05) is 18.4 Å². The highest BCUT2D eigenvalue weighted by atomic mass is 15.2. The van der Waals surface area contributed by atoms with Crippen LogP contribution in [0.3, 0.4) is 0 Å². The molecule has 0 unspecified atom stereocenters. The Balaban J connectivity index is 1.75. The molecule has 1 aliphatic rings. The lowest BCUT2D eigenvalue weighted by Crippen LogP contribution is -2.30. The third kappa shape index (κ3) is 2.19. The van der Waals surface area contributed by atoms with E-state index in [-0.39, 0.29) is 0 Å². The minimum atomic E-state index is 0.508. The molecule has 1 aliphatic carbocycles. The lowest BCUT2D eigenvalue weighted by atomic mass is 9.75. The van der Waals surface area contributed by atoms with Crippen LogP contribution in [0.4, 0.5) is 5.82 Å². The summed E-state index contributed by atoms with van der Waals surface area (Å²) in [4.78, 5) is 4.44. The number of nitrogens with one attached hydrogen (secondary N) is 1. The number of anilines is 1. The Kier molecular flexibility index (Phi) is 2.73. The number of rotatable bonds is 2. The van der Waals surface area contributed by atoms with Gasteiger partial charge in [-0.05, 0) is 37.2 Å². The zero-order valence-electron chi connectivity index (χ0n) is 11.1. The van der Waals surface area contributed by atoms with Gasteiger partial charge >= 0.3 is 0 Å². The molecule has 4 nitrogen and oxygen atoms in total. The van der Waals surface area contributed by atoms with E-state index in [1.807, 2.05) is 23.0 Å². The van der Waals surface area contributed by atoms with Crippen LogP contribution in [-0.4, -0.2) is 20.6 Å². The lowest BCUT2D eigenvalue weighted by molar-refractivity contribution is 0.232. The second-order valence-electron chi connectivity index (χ2n) is 6.02. The fourth-order valence-electron chi connectivity index (χ4n) is 2.71. The summed E-state index contributed by atoms with van der Waals surface area (Å²) in [6, 6.07) is 2.55. The molecule has 0 amide bonds. The predicted octanol–water partition coefficient (Wildman–Crippen LogP) is 3.11. The Morgan fingerprint density at radius 3 is 2.83 bits per heavy atom. The molecule has 0 radical (unpaired) electrons. The third-order valence-electron chi connectivity index (χ3n) is 4.00. The van der Waals surface area contributed by atoms with Gasteiger partial charge in [-0.2, -0.15) is 5.10 Å². The Morgan fingerprint density at radius 1 is 1.28 bits per heavy atom. The highest BCUT2D eigenvalue weighted by Crippen LogP contribution is 2.36. The van der Waals surface area contributed by atoms with Gasteiger partial charge in [0.05, 0.1) is 6.20 Å². The van der Waals surface area contributed by atoms with Crippen LogP contribution in [0.5, 0.6) is 0 Å². The summed E-state index contributed by atoms with van der Waals surface area (Å²) in [7, 11) is 0. The predicted molar refractivity (Wildman–Crippen MR) is 72.6 cm³/mol. The summed E-state index contributed by atoms with van der Waals surface area (Å²) in [6.07, 6.45) is 10.5. The Hall–Kier alpha value is -1.58. The second kappa shape index (κ2) is 4.26. The van der Waals surface area contributed by atoms with Crippen LogP contribution in [0.15, 0.2) is 24.7 Å². The summed E-state index contributed by atoms with van der Waals surface area (Å²) in [5.41, 5.74) is 1.57. The van der Waals surface area contributed by atoms with Gasteiger partial charge in [0.2, 0.25) is 0 Å². The first-order chi connectivity index (χ1) is 8.64. The Morgan fingerprint density at radius 2 is 2.06 bits per heavy atom. The van der Waals surface area contributed by atoms with Crippen molar-refractivity contribution in [3.05, 3.63) is 24.7 Å². The molecule has 0 saturated heterocycles. The first-order valence-corrected chi connectivity index (χ1v) is 6.69. The molecule has 1 N–H and O–H groups in total. The quantitative estimate of drug-likeness (QED) is 0.882. The van der Waals surface area contributed by atoms with Gasteiger partial charge in [-0.25, -0.2) is 9.50 Å². The van der Waals surface area contributed by atoms with E-state index in [1.54, 1.807) is 6.20 Å². The molecule has 18 heavy (non-hydrogen) atoms. The molecule has 0 atom stereocenters. The largest absolute Gasteiger partial charge is 0.366 e. The minimum Gasteiger partial charge on any atom is -0.366 e. The zero-order valence-corrected chi connectivity index (χ0v) is 11.1. The molecule has 1 fully saturated rings. The number of fused-ring (bicyclic) bond motifs is 1. The number of hydrogen-bond acceptors (Lipinski definition) is 3. The van der Waals surface area contributed by atoms with Crippen LogP contribution in [0.2, 0.25) is 0 Å². The summed E-state index contributed by atoms with van der Waals surface area (Å²) < 4.78 is 1.86. The smallest absolute Gasteiger partial charge is 0.152 e. The SMILES string of the molecule is CC1(C)CCC(Nc2nccn3nccc23)CC1. The molecule has 4 heteroatoms. The number of nitrogens with zero attached hydrogens (tertiary/aromatic N) is 3. The molecule has 2 heterocycles. The summed E-state index contributed by atoms with van der Waals surface area (Å²) in [5, 5.41) is 7.81. The maximum absolute atomic E-state index is 4.44. The van der Waals surface area contributed by atoms with Crippen molar-refractivity contribution in [1.29, 1.82) is 0 Å². The van der Waals surface area contributed by atoms with Crippen LogP contribution in [-0.2, 0) is 0 Å². The highest BCUT2D eigenvalue weighted by Gasteiger charge is 2.27. The molecule has 3 rings (SSSR count). The van der Waals surface area contributed by atoms with Crippen molar-refractivity contribution in [3.8, 4) is 0 Å². The van der Waals surface area contributed by atoms with E-state index in [0.29, 0.717) is 11.5 Å². The molecule has 96 valence electrons. The summed E-state index contributed by atoms with van der Waals surface area (Å²) in [6.45, 7) is 4.72. The standard InChI is InChI=1S/C14H20N4/c1-14(2)6-3-11(4-7-14)17-13-12-5-8-16-18(12)10-9-15-13/h5,8-11H,3-4,6-7H2,1-2H3,(H,15,17). The second-order valence-corrected chi connectivity index (χ2v) is 6.02. The molecule has 1 saturated carbocycles. The van der Waals surface area contributed by atoms with Crippen molar-refractivity contribution < 1.29 is 0 Å². The van der Waals surface area contributed by atoms with E-state index in [9.17, 15) is 0 Å². The average Bonchev–Trinajstić information content (AvgIpc) is 2.81. The molecule has 0 bridgehead atoms. The fraction of sp³-hybridized carbons (Fsp3) is 0.571. The monoisotopic (exact) mass is 244 g/mol. The number of aromatic nitrogens is 3. The van der Waals surface area contributed by atoms with E-state index in [2.05, 4.69) is 29.2 Å². The lowest BCUT2D eigenvalue weighted by Gasteiger charge is -2.34. The molecule has 0 aromatic carbocycles. The van der Waals surface area contributed by atoms with Crippen LogP contribution >= 0.6 is 0 Å². The van der Waals surface area contributed by atoms with Gasteiger partial charge in [0.25, 0.3) is 0 Å². The molecular weight excluding hydrogens is 224 g/mol. The fourth-order valence-corrected chi connectivity index (χ4v) is 2.71. The van der Waals surface area contributed by atoms with E-state index in [4.69, 9.17) is 0 Å². The number of hydrogen-bond donors (Lipinski definition) is 1. The summed E-state index contributed by atoms with van der Waals surface area (Å²) in [5.74, 6) is 0.958.